The Balaban J connectivity index is 1.54. The molecular formula is C19H15FN6O3S. The van der Waals surface area contributed by atoms with Gasteiger partial charge in [-0.1, -0.05) is 23.9 Å². The summed E-state index contributed by atoms with van der Waals surface area (Å²) in [5.74, 6) is -0.781. The van der Waals surface area contributed by atoms with Crippen LogP contribution in [0.5, 0.6) is 0 Å². The molecule has 0 aliphatic carbocycles. The number of imide groups is 1. The van der Waals surface area contributed by atoms with Crippen molar-refractivity contribution in [3.63, 3.8) is 0 Å². The number of aromatic nitrogens is 4. The van der Waals surface area contributed by atoms with E-state index in [1.165, 1.54) is 22.9 Å². The molecule has 1 aliphatic heterocycles. The summed E-state index contributed by atoms with van der Waals surface area (Å²) in [4.78, 5) is 37.4. The maximum absolute atomic E-state index is 14.3. The summed E-state index contributed by atoms with van der Waals surface area (Å²) in [5.41, 5.74) is 1.35. The molecule has 3 aromatic rings. The second-order valence-corrected chi connectivity index (χ2v) is 7.42. The summed E-state index contributed by atoms with van der Waals surface area (Å²) in [6.45, 7) is 1.77. The van der Waals surface area contributed by atoms with E-state index in [1.807, 2.05) is 0 Å². The highest BCUT2D eigenvalue weighted by atomic mass is 32.2. The Labute approximate surface area is 174 Å². The number of halogens is 1. The summed E-state index contributed by atoms with van der Waals surface area (Å²) in [6.07, 6.45) is 0. The standard InChI is InChI=1S/C19H15FN6O3S/c1-11-22-23-24-26(11)14-5-6-15(20)16(8-14)21-18(28)13-4-2-3-12(7-13)9-25-17(27)10-30-19(25)29/h2-8H,9-10H2,1H3,(H,21,28). The maximum Gasteiger partial charge on any atom is 0.289 e. The van der Waals surface area contributed by atoms with E-state index in [0.29, 0.717) is 17.1 Å². The van der Waals surface area contributed by atoms with Gasteiger partial charge in [-0.25, -0.2) is 4.39 Å². The van der Waals surface area contributed by atoms with Gasteiger partial charge >= 0.3 is 0 Å². The summed E-state index contributed by atoms with van der Waals surface area (Å²) >= 11 is 0.948. The molecule has 3 amide bonds. The number of tetrazole rings is 1. The Hall–Kier alpha value is -3.60. The molecular weight excluding hydrogens is 411 g/mol. The van der Waals surface area contributed by atoms with Crippen LogP contribution in [0, 0.1) is 12.7 Å². The second kappa shape index (κ2) is 8.03. The fraction of sp³-hybridized carbons (Fsp3) is 0.158. The second-order valence-electron chi connectivity index (χ2n) is 6.49. The highest BCUT2D eigenvalue weighted by Gasteiger charge is 2.29. The minimum Gasteiger partial charge on any atom is -0.319 e. The first-order valence-electron chi connectivity index (χ1n) is 8.84. The van der Waals surface area contributed by atoms with E-state index in [-0.39, 0.29) is 34.7 Å². The number of carbonyl (C=O) groups excluding carboxylic acids is 3. The zero-order chi connectivity index (χ0) is 21.3. The molecule has 11 heteroatoms. The number of hydrogen-bond acceptors (Lipinski definition) is 7. The minimum absolute atomic E-state index is 0.0286. The first-order valence-corrected chi connectivity index (χ1v) is 9.83. The third kappa shape index (κ3) is 3.92. The SMILES string of the molecule is Cc1nnnn1-c1ccc(F)c(NC(=O)c2cccc(CN3C(=O)CSC3=O)c2)c1. The lowest BCUT2D eigenvalue weighted by Gasteiger charge is -2.14. The van der Waals surface area contributed by atoms with Gasteiger partial charge < -0.3 is 5.32 Å². The molecule has 0 radical (unpaired) electrons. The highest BCUT2D eigenvalue weighted by Crippen LogP contribution is 2.23. The predicted molar refractivity (Wildman–Crippen MR) is 107 cm³/mol. The van der Waals surface area contributed by atoms with Gasteiger partial charge in [-0.15, -0.1) is 5.10 Å². The first-order chi connectivity index (χ1) is 14.4. The number of anilines is 1. The first kappa shape index (κ1) is 19.7. The molecule has 1 saturated heterocycles. The molecule has 9 nitrogen and oxygen atoms in total. The third-order valence-electron chi connectivity index (χ3n) is 4.44. The number of rotatable bonds is 5. The molecule has 4 rings (SSSR count). The topological polar surface area (TPSA) is 110 Å². The summed E-state index contributed by atoms with van der Waals surface area (Å²) in [7, 11) is 0. The molecule has 0 saturated carbocycles. The van der Waals surface area contributed by atoms with Gasteiger partial charge in [-0.05, 0) is 53.2 Å². The van der Waals surface area contributed by atoms with Crippen LogP contribution >= 0.6 is 11.8 Å². The Bertz CT molecular complexity index is 1150. The molecule has 1 fully saturated rings. The van der Waals surface area contributed by atoms with Crippen LogP contribution in [0.15, 0.2) is 42.5 Å². The third-order valence-corrected chi connectivity index (χ3v) is 5.30. The number of amides is 3. The van der Waals surface area contributed by atoms with Crippen LogP contribution in [0.2, 0.25) is 0 Å². The van der Waals surface area contributed by atoms with E-state index >= 15 is 0 Å². The molecule has 0 atom stereocenters. The summed E-state index contributed by atoms with van der Waals surface area (Å²) in [6, 6.07) is 10.6. The van der Waals surface area contributed by atoms with Gasteiger partial charge in [0.15, 0.2) is 5.82 Å². The average molecular weight is 426 g/mol. The maximum atomic E-state index is 14.3. The lowest BCUT2D eigenvalue weighted by Crippen LogP contribution is -2.28. The number of carbonyl (C=O) groups is 3. The van der Waals surface area contributed by atoms with Gasteiger partial charge in [-0.3, -0.25) is 19.3 Å². The average Bonchev–Trinajstić information content (AvgIpc) is 3.30. The molecule has 0 bridgehead atoms. The largest absolute Gasteiger partial charge is 0.319 e. The molecule has 0 unspecified atom stereocenters. The fourth-order valence-electron chi connectivity index (χ4n) is 2.93. The summed E-state index contributed by atoms with van der Waals surface area (Å²) < 4.78 is 15.7. The molecule has 152 valence electrons. The number of nitrogens with zero attached hydrogens (tertiary/aromatic N) is 5. The monoisotopic (exact) mass is 426 g/mol. The van der Waals surface area contributed by atoms with Crippen LogP contribution in [0.3, 0.4) is 0 Å². The molecule has 1 N–H and O–H groups in total. The molecule has 0 spiro atoms. The van der Waals surface area contributed by atoms with Gasteiger partial charge in [0.2, 0.25) is 5.91 Å². The van der Waals surface area contributed by atoms with Crippen LogP contribution in [0.25, 0.3) is 5.69 Å². The van der Waals surface area contributed by atoms with Crippen LogP contribution in [0.4, 0.5) is 14.9 Å². The van der Waals surface area contributed by atoms with E-state index < -0.39 is 11.7 Å². The fourth-order valence-corrected chi connectivity index (χ4v) is 3.66. The van der Waals surface area contributed by atoms with E-state index in [0.717, 1.165) is 16.7 Å². The van der Waals surface area contributed by atoms with Crippen molar-refractivity contribution >= 4 is 34.5 Å². The van der Waals surface area contributed by atoms with Gasteiger partial charge in [-0.2, -0.15) is 4.68 Å². The van der Waals surface area contributed by atoms with E-state index in [9.17, 15) is 18.8 Å². The molecule has 2 aromatic carbocycles. The lowest BCUT2D eigenvalue weighted by atomic mass is 10.1. The lowest BCUT2D eigenvalue weighted by molar-refractivity contribution is -0.125. The van der Waals surface area contributed by atoms with Crippen molar-refractivity contribution in [2.24, 2.45) is 0 Å². The van der Waals surface area contributed by atoms with Crippen LogP contribution < -0.4 is 5.32 Å². The van der Waals surface area contributed by atoms with Crippen molar-refractivity contribution in [1.82, 2.24) is 25.1 Å². The molecule has 2 heterocycles. The van der Waals surface area contributed by atoms with E-state index in [1.54, 1.807) is 31.2 Å². The van der Waals surface area contributed by atoms with Crippen molar-refractivity contribution < 1.29 is 18.8 Å². The van der Waals surface area contributed by atoms with E-state index in [4.69, 9.17) is 0 Å². The Morgan fingerprint density at radius 3 is 2.77 bits per heavy atom. The Morgan fingerprint density at radius 1 is 1.23 bits per heavy atom. The van der Waals surface area contributed by atoms with E-state index in [2.05, 4.69) is 20.8 Å². The van der Waals surface area contributed by atoms with Crippen LogP contribution in [0.1, 0.15) is 21.7 Å². The van der Waals surface area contributed by atoms with Crippen molar-refractivity contribution in [2.45, 2.75) is 13.5 Å². The molecule has 1 aromatic heterocycles. The number of aryl methyl sites for hydroxylation is 1. The van der Waals surface area contributed by atoms with Crippen LogP contribution in [-0.2, 0) is 11.3 Å². The smallest absolute Gasteiger partial charge is 0.289 e. The quantitative estimate of drug-likeness (QED) is 0.668. The van der Waals surface area contributed by atoms with Crippen molar-refractivity contribution in [1.29, 1.82) is 0 Å². The zero-order valence-corrected chi connectivity index (χ0v) is 16.5. The highest BCUT2D eigenvalue weighted by molar-refractivity contribution is 8.14. The normalized spacial score (nSPS) is 13.7. The van der Waals surface area contributed by atoms with Crippen molar-refractivity contribution in [3.8, 4) is 5.69 Å². The number of benzene rings is 2. The van der Waals surface area contributed by atoms with Crippen molar-refractivity contribution in [3.05, 3.63) is 65.2 Å². The molecule has 30 heavy (non-hydrogen) atoms. The number of nitrogens with one attached hydrogen (secondary N) is 1. The predicted octanol–water partition coefficient (Wildman–Crippen LogP) is 2.56. The van der Waals surface area contributed by atoms with Gasteiger partial charge in [0, 0.05) is 5.56 Å². The zero-order valence-electron chi connectivity index (χ0n) is 15.7. The van der Waals surface area contributed by atoms with Gasteiger partial charge in [0.25, 0.3) is 11.1 Å². The van der Waals surface area contributed by atoms with Crippen LogP contribution in [-0.4, -0.2) is 47.9 Å². The number of thioether (sulfide) groups is 1. The van der Waals surface area contributed by atoms with Gasteiger partial charge in [0.1, 0.15) is 5.82 Å². The number of hydrogen-bond donors (Lipinski definition) is 1. The Morgan fingerprint density at radius 2 is 2.07 bits per heavy atom. The minimum atomic E-state index is -0.612. The molecule has 1 aliphatic rings. The van der Waals surface area contributed by atoms with Crippen molar-refractivity contribution in [2.75, 3.05) is 11.1 Å². The van der Waals surface area contributed by atoms with Gasteiger partial charge in [0.05, 0.1) is 23.7 Å². The summed E-state index contributed by atoms with van der Waals surface area (Å²) in [5, 5.41) is 13.4. The Kier molecular flexibility index (Phi) is 5.27.